The van der Waals surface area contributed by atoms with E-state index in [0.29, 0.717) is 6.04 Å². The van der Waals surface area contributed by atoms with Gasteiger partial charge in [-0.25, -0.2) is 0 Å². The maximum absolute atomic E-state index is 12.4. The minimum absolute atomic E-state index is 0.0458. The number of rotatable bonds is 7. The largest absolute Gasteiger partial charge is 0.355 e. The summed E-state index contributed by atoms with van der Waals surface area (Å²) < 4.78 is 0. The van der Waals surface area contributed by atoms with Crippen LogP contribution >= 0.6 is 0 Å². The van der Waals surface area contributed by atoms with E-state index in [0.717, 1.165) is 30.8 Å². The highest BCUT2D eigenvalue weighted by Gasteiger charge is 2.25. The smallest absolute Gasteiger partial charge is 0.237 e. The molecule has 1 aromatic heterocycles. The Morgan fingerprint density at radius 1 is 1.35 bits per heavy atom. The van der Waals surface area contributed by atoms with Gasteiger partial charge in [0.15, 0.2) is 0 Å². The number of hydrogen-bond donors (Lipinski definition) is 2. The Morgan fingerprint density at radius 2 is 2.04 bits per heavy atom. The number of aryl methyl sites for hydroxylation is 2. The van der Waals surface area contributed by atoms with Crippen molar-refractivity contribution in [2.75, 3.05) is 13.6 Å². The van der Waals surface area contributed by atoms with Crippen molar-refractivity contribution in [1.29, 1.82) is 0 Å². The first-order chi connectivity index (χ1) is 11.0. The van der Waals surface area contributed by atoms with E-state index >= 15 is 0 Å². The molecule has 2 rings (SSSR count). The first kappa shape index (κ1) is 18.0. The van der Waals surface area contributed by atoms with Gasteiger partial charge in [0, 0.05) is 18.3 Å². The maximum atomic E-state index is 12.4. The van der Waals surface area contributed by atoms with Gasteiger partial charge in [0.1, 0.15) is 0 Å². The van der Waals surface area contributed by atoms with Gasteiger partial charge in [-0.15, -0.1) is 0 Å². The lowest BCUT2D eigenvalue weighted by atomic mass is 9.93. The summed E-state index contributed by atoms with van der Waals surface area (Å²) in [4.78, 5) is 14.6. The summed E-state index contributed by atoms with van der Waals surface area (Å²) in [5.41, 5.74) is 3.49. The van der Waals surface area contributed by atoms with E-state index in [1.54, 1.807) is 0 Å². The molecule has 1 aliphatic carbocycles. The Morgan fingerprint density at radius 3 is 2.65 bits per heavy atom. The van der Waals surface area contributed by atoms with Crippen LogP contribution in [0.3, 0.4) is 0 Å². The van der Waals surface area contributed by atoms with Crippen LogP contribution in [-0.4, -0.2) is 46.7 Å². The summed E-state index contributed by atoms with van der Waals surface area (Å²) >= 11 is 0. The van der Waals surface area contributed by atoms with E-state index in [9.17, 15) is 4.79 Å². The average Bonchev–Trinajstić information content (AvgIpc) is 2.89. The number of aromatic nitrogens is 2. The highest BCUT2D eigenvalue weighted by molar-refractivity contribution is 5.81. The van der Waals surface area contributed by atoms with Crippen molar-refractivity contribution in [2.45, 2.75) is 77.8 Å². The van der Waals surface area contributed by atoms with Gasteiger partial charge in [-0.3, -0.25) is 14.8 Å². The molecule has 1 aromatic rings. The second-order valence-electron chi connectivity index (χ2n) is 6.94. The van der Waals surface area contributed by atoms with Gasteiger partial charge >= 0.3 is 0 Å². The van der Waals surface area contributed by atoms with E-state index in [4.69, 9.17) is 0 Å². The van der Waals surface area contributed by atoms with Crippen molar-refractivity contribution in [1.82, 2.24) is 20.4 Å². The molecule has 1 saturated carbocycles. The maximum Gasteiger partial charge on any atom is 0.237 e. The van der Waals surface area contributed by atoms with Crippen LogP contribution in [0.1, 0.15) is 62.4 Å². The molecule has 1 atom stereocenters. The summed E-state index contributed by atoms with van der Waals surface area (Å²) in [5, 5.41) is 10.3. The second kappa shape index (κ2) is 8.48. The third kappa shape index (κ3) is 4.80. The quantitative estimate of drug-likeness (QED) is 0.759. The van der Waals surface area contributed by atoms with Crippen LogP contribution in [0.2, 0.25) is 0 Å². The molecule has 2 N–H and O–H groups in total. The number of carbonyl (C=O) groups excluding carboxylic acids is 1. The van der Waals surface area contributed by atoms with Crippen molar-refractivity contribution in [3.8, 4) is 0 Å². The van der Waals surface area contributed by atoms with Crippen molar-refractivity contribution >= 4 is 5.91 Å². The van der Waals surface area contributed by atoms with Gasteiger partial charge in [-0.2, -0.15) is 5.10 Å². The minimum atomic E-state index is -0.0458. The molecular weight excluding hydrogens is 288 g/mol. The van der Waals surface area contributed by atoms with Crippen LogP contribution in [0.15, 0.2) is 0 Å². The third-order valence-corrected chi connectivity index (χ3v) is 5.32. The van der Waals surface area contributed by atoms with Crippen LogP contribution in [-0.2, 0) is 11.2 Å². The number of carbonyl (C=O) groups is 1. The van der Waals surface area contributed by atoms with Crippen LogP contribution in [0.5, 0.6) is 0 Å². The Balaban J connectivity index is 1.71. The first-order valence-corrected chi connectivity index (χ1v) is 9.00. The minimum Gasteiger partial charge on any atom is -0.355 e. The monoisotopic (exact) mass is 320 g/mol. The van der Waals surface area contributed by atoms with Crippen LogP contribution in [0, 0.1) is 13.8 Å². The molecule has 0 aliphatic heterocycles. The number of amides is 1. The molecular formula is C18H32N4O. The normalized spacial score (nSPS) is 17.4. The topological polar surface area (TPSA) is 61.0 Å². The Labute approximate surface area is 140 Å². The van der Waals surface area contributed by atoms with Crippen LogP contribution < -0.4 is 5.32 Å². The van der Waals surface area contributed by atoms with E-state index in [-0.39, 0.29) is 11.9 Å². The zero-order valence-electron chi connectivity index (χ0n) is 15.1. The predicted molar refractivity (Wildman–Crippen MR) is 93.5 cm³/mol. The second-order valence-corrected chi connectivity index (χ2v) is 6.94. The number of aromatic amines is 1. The Hall–Kier alpha value is -1.36. The van der Waals surface area contributed by atoms with Crippen LogP contribution in [0.25, 0.3) is 0 Å². The van der Waals surface area contributed by atoms with Gasteiger partial charge in [-0.05, 0) is 59.1 Å². The van der Waals surface area contributed by atoms with Crippen molar-refractivity contribution in [3.63, 3.8) is 0 Å². The van der Waals surface area contributed by atoms with E-state index in [1.165, 1.54) is 37.7 Å². The SMILES string of the molecule is Cc1n[nH]c(C)c1CCCNC(=O)[C@H](C)N(C)C1CCCCC1. The van der Waals surface area contributed by atoms with Crippen molar-refractivity contribution in [2.24, 2.45) is 0 Å². The molecule has 1 fully saturated rings. The molecule has 5 nitrogen and oxygen atoms in total. The molecule has 0 aromatic carbocycles. The summed E-state index contributed by atoms with van der Waals surface area (Å²) in [6.45, 7) is 6.83. The molecule has 1 aliphatic rings. The van der Waals surface area contributed by atoms with Gasteiger partial charge in [0.05, 0.1) is 11.7 Å². The highest BCUT2D eigenvalue weighted by Crippen LogP contribution is 2.22. The Kier molecular flexibility index (Phi) is 6.63. The number of likely N-dealkylation sites (N-methyl/N-ethyl adjacent to an activating group) is 1. The standard InChI is InChI=1S/C18H32N4O/c1-13-17(14(2)21-20-13)11-8-12-19-18(23)15(3)22(4)16-9-6-5-7-10-16/h15-16H,5-12H2,1-4H3,(H,19,23)(H,20,21)/t15-/m0/s1. The molecule has 130 valence electrons. The van der Waals surface area contributed by atoms with Crippen molar-refractivity contribution < 1.29 is 4.79 Å². The number of nitrogens with zero attached hydrogens (tertiary/aromatic N) is 2. The first-order valence-electron chi connectivity index (χ1n) is 9.00. The number of H-pyrrole nitrogens is 1. The molecule has 0 bridgehead atoms. The highest BCUT2D eigenvalue weighted by atomic mass is 16.2. The molecule has 0 saturated heterocycles. The fourth-order valence-corrected chi connectivity index (χ4v) is 3.56. The molecule has 23 heavy (non-hydrogen) atoms. The van der Waals surface area contributed by atoms with E-state index in [2.05, 4.69) is 34.4 Å². The van der Waals surface area contributed by atoms with Gasteiger partial charge in [-0.1, -0.05) is 19.3 Å². The molecule has 0 spiro atoms. The fraction of sp³-hybridized carbons (Fsp3) is 0.778. The molecule has 5 heteroatoms. The lowest BCUT2D eigenvalue weighted by Crippen LogP contribution is -2.48. The molecule has 0 unspecified atom stereocenters. The van der Waals surface area contributed by atoms with E-state index in [1.807, 2.05) is 13.8 Å². The lowest BCUT2D eigenvalue weighted by molar-refractivity contribution is -0.126. The van der Waals surface area contributed by atoms with Gasteiger partial charge < -0.3 is 5.32 Å². The zero-order valence-corrected chi connectivity index (χ0v) is 15.1. The molecule has 1 heterocycles. The number of hydrogen-bond acceptors (Lipinski definition) is 3. The molecule has 0 radical (unpaired) electrons. The summed E-state index contributed by atoms with van der Waals surface area (Å²) in [6.07, 6.45) is 8.31. The zero-order chi connectivity index (χ0) is 16.8. The van der Waals surface area contributed by atoms with Gasteiger partial charge in [0.25, 0.3) is 0 Å². The molecule has 1 amide bonds. The average molecular weight is 320 g/mol. The number of nitrogens with one attached hydrogen (secondary N) is 2. The fourth-order valence-electron chi connectivity index (χ4n) is 3.56. The Bertz CT molecular complexity index is 486. The predicted octanol–water partition coefficient (Wildman–Crippen LogP) is 2.73. The van der Waals surface area contributed by atoms with E-state index < -0.39 is 0 Å². The summed E-state index contributed by atoms with van der Waals surface area (Å²) in [7, 11) is 2.10. The lowest BCUT2D eigenvalue weighted by Gasteiger charge is -2.34. The third-order valence-electron chi connectivity index (χ3n) is 5.32. The van der Waals surface area contributed by atoms with Gasteiger partial charge in [0.2, 0.25) is 5.91 Å². The summed E-state index contributed by atoms with van der Waals surface area (Å²) in [5.74, 6) is 0.152. The summed E-state index contributed by atoms with van der Waals surface area (Å²) in [6, 6.07) is 0.524. The van der Waals surface area contributed by atoms with Crippen molar-refractivity contribution in [3.05, 3.63) is 17.0 Å². The van der Waals surface area contributed by atoms with Crippen LogP contribution in [0.4, 0.5) is 0 Å².